The van der Waals surface area contributed by atoms with Crippen molar-refractivity contribution in [3.05, 3.63) is 53.9 Å². The predicted molar refractivity (Wildman–Crippen MR) is 126 cm³/mol. The topological polar surface area (TPSA) is 62.2 Å². The molecule has 0 aliphatic carbocycles. The molecular weight excluding hydrogens is 424 g/mol. The first kappa shape index (κ1) is 21.4. The van der Waals surface area contributed by atoms with Crippen molar-refractivity contribution < 1.29 is 13.6 Å². The fourth-order valence-electron chi connectivity index (χ4n) is 4.93. The number of nitrogens with one attached hydrogen (secondary N) is 2. The molecule has 3 aromatic rings. The van der Waals surface area contributed by atoms with Crippen LogP contribution in [0, 0.1) is 5.92 Å². The number of anilines is 4. The Bertz CT molecular complexity index is 1220. The van der Waals surface area contributed by atoms with Crippen molar-refractivity contribution in [3.63, 3.8) is 0 Å². The van der Waals surface area contributed by atoms with Crippen molar-refractivity contribution in [2.24, 2.45) is 13.0 Å². The van der Waals surface area contributed by atoms with E-state index < -0.39 is 6.43 Å². The number of hydrogen-bond acceptors (Lipinski definition) is 4. The molecule has 6 nitrogen and oxygen atoms in total. The van der Waals surface area contributed by atoms with E-state index in [-0.39, 0.29) is 17.5 Å². The molecule has 2 aliphatic rings. The number of alkyl halides is 2. The lowest BCUT2D eigenvalue weighted by molar-refractivity contribution is -0.116. The monoisotopic (exact) mass is 451 g/mol. The van der Waals surface area contributed by atoms with Gasteiger partial charge in [-0.2, -0.15) is 5.10 Å². The summed E-state index contributed by atoms with van der Waals surface area (Å²) in [5.74, 6) is 0.282. The van der Waals surface area contributed by atoms with E-state index in [4.69, 9.17) is 0 Å². The molecule has 0 fully saturated rings. The summed E-state index contributed by atoms with van der Waals surface area (Å²) in [5, 5.41) is 10.6. The van der Waals surface area contributed by atoms with Crippen LogP contribution < -0.4 is 15.5 Å². The third-order valence-corrected chi connectivity index (χ3v) is 6.34. The lowest BCUT2D eigenvalue weighted by Crippen LogP contribution is -2.31. The summed E-state index contributed by atoms with van der Waals surface area (Å²) in [5.41, 5.74) is 5.44. The van der Waals surface area contributed by atoms with Crippen molar-refractivity contribution in [2.45, 2.75) is 39.2 Å². The zero-order valence-electron chi connectivity index (χ0n) is 18.9. The first-order chi connectivity index (χ1) is 15.8. The average Bonchev–Trinajstić information content (AvgIpc) is 3.12. The number of carbonyl (C=O) groups is 1. The smallest absolute Gasteiger partial charge is 0.264 e. The van der Waals surface area contributed by atoms with Gasteiger partial charge >= 0.3 is 0 Å². The van der Waals surface area contributed by atoms with E-state index in [1.54, 1.807) is 30.2 Å². The molecule has 0 saturated carbocycles. The molecule has 8 heteroatoms. The molecule has 3 heterocycles. The summed E-state index contributed by atoms with van der Waals surface area (Å²) < 4.78 is 30.0. The Morgan fingerprint density at radius 2 is 1.97 bits per heavy atom. The minimum atomic E-state index is -2.61. The van der Waals surface area contributed by atoms with E-state index in [2.05, 4.69) is 27.6 Å². The highest BCUT2D eigenvalue weighted by atomic mass is 19.3. The molecule has 0 radical (unpaired) electrons. The Kier molecular flexibility index (Phi) is 5.31. The average molecular weight is 452 g/mol. The Morgan fingerprint density at radius 1 is 1.15 bits per heavy atom. The van der Waals surface area contributed by atoms with Crippen LogP contribution in [0.5, 0.6) is 0 Å². The minimum absolute atomic E-state index is 0.00189. The summed E-state index contributed by atoms with van der Waals surface area (Å²) in [6.07, 6.45) is 1.95. The van der Waals surface area contributed by atoms with Gasteiger partial charge in [0, 0.05) is 49.1 Å². The van der Waals surface area contributed by atoms with Gasteiger partial charge in [-0.25, -0.2) is 8.78 Å². The minimum Gasteiger partial charge on any atom is -0.379 e. The van der Waals surface area contributed by atoms with E-state index in [0.29, 0.717) is 35.7 Å². The van der Waals surface area contributed by atoms with Gasteiger partial charge in [-0.1, -0.05) is 13.0 Å². The molecule has 2 aliphatic heterocycles. The van der Waals surface area contributed by atoms with E-state index >= 15 is 0 Å². The van der Waals surface area contributed by atoms with Gasteiger partial charge in [0.1, 0.15) is 0 Å². The van der Waals surface area contributed by atoms with Crippen LogP contribution in [0.2, 0.25) is 0 Å². The zero-order valence-corrected chi connectivity index (χ0v) is 18.9. The summed E-state index contributed by atoms with van der Waals surface area (Å²) in [6, 6.07) is 9.23. The van der Waals surface area contributed by atoms with Crippen molar-refractivity contribution >= 4 is 28.7 Å². The number of aryl methyl sites for hydroxylation is 1. The van der Waals surface area contributed by atoms with Gasteiger partial charge in [0.2, 0.25) is 5.91 Å². The maximum absolute atomic E-state index is 14.2. The Morgan fingerprint density at radius 3 is 2.70 bits per heavy atom. The number of aromatic nitrogens is 2. The standard InChI is InChI=1S/C25H27F2N5O/c1-14-7-16-9-18(17-11-28-31(3)13-17)19(25(26)27)10-22(16)32(12-14)21-6-4-5-20-24(21)29-15(2)8-23(33)30-20/h4-6,9-11,13-15,25,29H,7-8,12H2,1-3H3,(H,30,33). The molecule has 0 bridgehead atoms. The number of benzene rings is 2. The third-order valence-electron chi connectivity index (χ3n) is 6.34. The number of fused-ring (bicyclic) bond motifs is 2. The number of nitrogens with zero attached hydrogens (tertiary/aromatic N) is 3. The molecule has 2 unspecified atom stereocenters. The Hall–Kier alpha value is -3.42. The summed E-state index contributed by atoms with van der Waals surface area (Å²) in [4.78, 5) is 14.3. The van der Waals surface area contributed by atoms with Crippen molar-refractivity contribution in [1.29, 1.82) is 0 Å². The normalized spacial score (nSPS) is 20.1. The highest BCUT2D eigenvalue weighted by Gasteiger charge is 2.30. The van der Waals surface area contributed by atoms with Crippen LogP contribution in [0.15, 0.2) is 42.7 Å². The summed E-state index contributed by atoms with van der Waals surface area (Å²) >= 11 is 0. The quantitative estimate of drug-likeness (QED) is 0.552. The fraction of sp³-hybridized carbons (Fsp3) is 0.360. The maximum Gasteiger partial charge on any atom is 0.264 e. The largest absolute Gasteiger partial charge is 0.379 e. The highest BCUT2D eigenvalue weighted by molar-refractivity contribution is 6.00. The third kappa shape index (κ3) is 3.94. The molecule has 1 aromatic heterocycles. The number of halogens is 2. The molecule has 33 heavy (non-hydrogen) atoms. The molecule has 2 aromatic carbocycles. The molecule has 2 N–H and O–H groups in total. The first-order valence-electron chi connectivity index (χ1n) is 11.2. The van der Waals surface area contributed by atoms with E-state index in [9.17, 15) is 13.6 Å². The lowest BCUT2D eigenvalue weighted by Gasteiger charge is -2.37. The molecule has 0 spiro atoms. The van der Waals surface area contributed by atoms with E-state index in [0.717, 1.165) is 29.0 Å². The second-order valence-electron chi connectivity index (χ2n) is 9.19. The van der Waals surface area contributed by atoms with Crippen molar-refractivity contribution in [3.8, 4) is 11.1 Å². The lowest BCUT2D eigenvalue weighted by atomic mass is 9.88. The van der Waals surface area contributed by atoms with Crippen molar-refractivity contribution in [2.75, 3.05) is 22.1 Å². The zero-order chi connectivity index (χ0) is 23.3. The van der Waals surface area contributed by atoms with Gasteiger partial charge in [-0.05, 0) is 54.7 Å². The SMILES string of the molecule is CC1Cc2cc(-c3cnn(C)c3)c(C(F)F)cc2N(c2cccc3c2NC(C)CC(=O)N3)C1. The second-order valence-corrected chi connectivity index (χ2v) is 9.19. The molecule has 5 rings (SSSR count). The van der Waals surface area contributed by atoms with Crippen LogP contribution in [0.1, 0.15) is 37.8 Å². The van der Waals surface area contributed by atoms with Gasteiger partial charge in [0.25, 0.3) is 6.43 Å². The molecule has 1 amide bonds. The van der Waals surface area contributed by atoms with Crippen molar-refractivity contribution in [1.82, 2.24) is 9.78 Å². The maximum atomic E-state index is 14.2. The molecular formula is C25H27F2N5O. The number of para-hydroxylation sites is 1. The Balaban J connectivity index is 1.67. The van der Waals surface area contributed by atoms with Crippen LogP contribution in [-0.2, 0) is 18.3 Å². The predicted octanol–water partition coefficient (Wildman–Crippen LogP) is 5.50. The number of rotatable bonds is 3. The first-order valence-corrected chi connectivity index (χ1v) is 11.2. The molecule has 172 valence electrons. The second kappa shape index (κ2) is 8.17. The Labute approximate surface area is 191 Å². The van der Waals surface area contributed by atoms with Crippen LogP contribution in [-0.4, -0.2) is 28.3 Å². The van der Waals surface area contributed by atoms with Gasteiger partial charge in [0.15, 0.2) is 0 Å². The van der Waals surface area contributed by atoms with Crippen LogP contribution >= 0.6 is 0 Å². The summed E-state index contributed by atoms with van der Waals surface area (Å²) in [7, 11) is 1.78. The van der Waals surface area contributed by atoms with Crippen LogP contribution in [0.4, 0.5) is 31.5 Å². The fourth-order valence-corrected chi connectivity index (χ4v) is 4.93. The van der Waals surface area contributed by atoms with Gasteiger partial charge in [0.05, 0.1) is 23.3 Å². The molecule has 2 atom stereocenters. The van der Waals surface area contributed by atoms with Gasteiger partial charge in [-0.3, -0.25) is 9.48 Å². The van der Waals surface area contributed by atoms with Crippen LogP contribution in [0.3, 0.4) is 0 Å². The number of carbonyl (C=O) groups excluding carboxylic acids is 1. The highest BCUT2D eigenvalue weighted by Crippen LogP contribution is 2.46. The van der Waals surface area contributed by atoms with E-state index in [1.807, 2.05) is 31.2 Å². The summed E-state index contributed by atoms with van der Waals surface area (Å²) in [6.45, 7) is 4.83. The van der Waals surface area contributed by atoms with Gasteiger partial charge in [-0.15, -0.1) is 0 Å². The van der Waals surface area contributed by atoms with E-state index in [1.165, 1.54) is 0 Å². The molecule has 0 saturated heterocycles. The van der Waals surface area contributed by atoms with Gasteiger partial charge < -0.3 is 15.5 Å². The number of hydrogen-bond donors (Lipinski definition) is 2. The number of amides is 1. The van der Waals surface area contributed by atoms with Crippen LogP contribution in [0.25, 0.3) is 11.1 Å².